The predicted octanol–water partition coefficient (Wildman–Crippen LogP) is 8.34. The van der Waals surface area contributed by atoms with Gasteiger partial charge in [0.15, 0.2) is 0 Å². The molecule has 1 aromatic heterocycles. The van der Waals surface area contributed by atoms with E-state index in [2.05, 4.69) is 84.9 Å². The number of para-hydroxylation sites is 1. The molecule has 4 fully saturated rings. The minimum Gasteiger partial charge on any atom is -0.657 e. The third-order valence-electron chi connectivity index (χ3n) is 10.3. The molecule has 4 aromatic carbocycles. The molecule has 0 N–H and O–H groups in total. The van der Waals surface area contributed by atoms with Gasteiger partial charge in [-0.25, -0.2) is 0 Å². The van der Waals surface area contributed by atoms with Crippen LogP contribution in [0.25, 0.3) is 44.1 Å². The van der Waals surface area contributed by atoms with Crippen LogP contribution in [0.2, 0.25) is 0 Å². The van der Waals surface area contributed by atoms with E-state index in [1.807, 2.05) is 0 Å². The second-order valence-corrected chi connectivity index (χ2v) is 11.8. The van der Waals surface area contributed by atoms with Crippen molar-refractivity contribution >= 4 is 21.8 Å². The molecule has 5 aliphatic carbocycles. The predicted molar refractivity (Wildman–Crippen MR) is 143 cm³/mol. The Morgan fingerprint density at radius 1 is 0.556 bits per heavy atom. The third-order valence-corrected chi connectivity index (χ3v) is 10.3. The summed E-state index contributed by atoms with van der Waals surface area (Å²) in [6.07, 6.45) is 7.21. The van der Waals surface area contributed by atoms with E-state index < -0.39 is 0 Å². The zero-order valence-electron chi connectivity index (χ0n) is 20.3. The maximum Gasteiger partial charge on any atom is 0.0272 e. The van der Waals surface area contributed by atoms with Crippen LogP contribution in [-0.4, -0.2) is 0 Å². The third kappa shape index (κ3) is 2.51. The molecule has 0 saturated heterocycles. The Labute approximate surface area is 226 Å². The van der Waals surface area contributed by atoms with Crippen LogP contribution in [0.15, 0.2) is 84.9 Å². The Balaban J connectivity index is 0.00000205. The number of nitrogens with zero attached hydrogens (tertiary/aromatic N) is 1. The largest absolute Gasteiger partial charge is 0.657 e. The quantitative estimate of drug-likeness (QED) is 0.181. The van der Waals surface area contributed by atoms with E-state index in [1.165, 1.54) is 65.1 Å². The zero-order chi connectivity index (χ0) is 22.7. The molecule has 10 rings (SSSR count). The summed E-state index contributed by atoms with van der Waals surface area (Å²) >= 11 is 0. The fourth-order valence-corrected chi connectivity index (χ4v) is 9.48. The van der Waals surface area contributed by atoms with E-state index in [1.54, 1.807) is 11.1 Å². The van der Waals surface area contributed by atoms with Crippen molar-refractivity contribution in [2.45, 2.75) is 37.5 Å². The van der Waals surface area contributed by atoms with Crippen molar-refractivity contribution in [3.05, 3.63) is 96.1 Å². The van der Waals surface area contributed by atoms with E-state index in [-0.39, 0.29) is 26.5 Å². The molecule has 0 atom stereocenters. The molecule has 1 heterocycles. The van der Waals surface area contributed by atoms with Gasteiger partial charge < -0.3 is 4.98 Å². The zero-order valence-corrected chi connectivity index (χ0v) is 23.2. The molecular formula is C34H28NW-. The number of benzene rings is 4. The first kappa shape index (κ1) is 21.5. The molecule has 5 aromatic rings. The Morgan fingerprint density at radius 2 is 1.17 bits per heavy atom. The molecule has 0 unspecified atom stereocenters. The van der Waals surface area contributed by atoms with Crippen LogP contribution in [0.5, 0.6) is 0 Å². The first-order valence-corrected chi connectivity index (χ1v) is 13.5. The van der Waals surface area contributed by atoms with Crippen LogP contribution < -0.4 is 4.98 Å². The molecule has 1 nitrogen and oxygen atoms in total. The smallest absolute Gasteiger partial charge is 0.0272 e. The molecule has 0 aliphatic heterocycles. The summed E-state index contributed by atoms with van der Waals surface area (Å²) in [7, 11) is 0. The Hall–Kier alpha value is -2.63. The summed E-state index contributed by atoms with van der Waals surface area (Å²) in [4.78, 5) is 4.98. The van der Waals surface area contributed by atoms with E-state index >= 15 is 0 Å². The van der Waals surface area contributed by atoms with Gasteiger partial charge in [0, 0.05) is 26.5 Å². The second kappa shape index (κ2) is 7.45. The molecule has 0 amide bonds. The normalized spacial score (nSPS) is 29.0. The molecule has 5 aliphatic rings. The van der Waals surface area contributed by atoms with Gasteiger partial charge in [0.1, 0.15) is 0 Å². The second-order valence-electron chi connectivity index (χ2n) is 11.8. The van der Waals surface area contributed by atoms with Gasteiger partial charge in [-0.05, 0) is 99.9 Å². The number of rotatable bonds is 1. The van der Waals surface area contributed by atoms with E-state index in [0.29, 0.717) is 0 Å². The van der Waals surface area contributed by atoms with Crippen LogP contribution >= 0.6 is 0 Å². The summed E-state index contributed by atoms with van der Waals surface area (Å²) < 4.78 is 0. The van der Waals surface area contributed by atoms with E-state index in [0.717, 1.165) is 34.7 Å². The van der Waals surface area contributed by atoms with Crippen molar-refractivity contribution in [3.63, 3.8) is 0 Å². The van der Waals surface area contributed by atoms with Gasteiger partial charge in [-0.3, -0.25) is 0 Å². The monoisotopic (exact) mass is 634 g/mol. The summed E-state index contributed by atoms with van der Waals surface area (Å²) in [6.45, 7) is 0. The van der Waals surface area contributed by atoms with Gasteiger partial charge in [0.25, 0.3) is 0 Å². The van der Waals surface area contributed by atoms with Crippen molar-refractivity contribution in [1.82, 2.24) is 4.98 Å². The van der Waals surface area contributed by atoms with Crippen LogP contribution in [0.3, 0.4) is 0 Å². The standard InChI is InChI=1S/C34H28N.W/c1-3-11-28-26(7-1)32-24(25-10-6-14-31-33(25)27-8-2-4-13-30(27)35-31)9-5-12-29(32)34(28)22-16-20-15-21(18-22)19-23(34)17-20;/h1-14,20-23H,15-19H2;/q-1;. The molecule has 4 bridgehead atoms. The van der Waals surface area contributed by atoms with Gasteiger partial charge in [-0.15, -0.1) is 11.0 Å². The molecule has 2 heteroatoms. The molecule has 0 radical (unpaired) electrons. The number of fused-ring (bicyclic) bond motifs is 6. The van der Waals surface area contributed by atoms with Crippen molar-refractivity contribution in [2.75, 3.05) is 0 Å². The summed E-state index contributed by atoms with van der Waals surface area (Å²) in [5.41, 5.74) is 11.4. The topological polar surface area (TPSA) is 14.1 Å². The minimum absolute atomic E-state index is 0. The Bertz CT molecular complexity index is 1650. The van der Waals surface area contributed by atoms with E-state index in [9.17, 15) is 0 Å². The molecular weight excluding hydrogens is 606 g/mol. The maximum atomic E-state index is 4.98. The Kier molecular flexibility index (Phi) is 4.44. The fraction of sp³-hybridized carbons (Fsp3) is 0.294. The maximum absolute atomic E-state index is 4.98. The first-order chi connectivity index (χ1) is 17.3. The van der Waals surface area contributed by atoms with Gasteiger partial charge >= 0.3 is 0 Å². The van der Waals surface area contributed by atoms with E-state index in [4.69, 9.17) is 4.98 Å². The van der Waals surface area contributed by atoms with Crippen LogP contribution in [0.4, 0.5) is 0 Å². The number of hydrogen-bond acceptors (Lipinski definition) is 0. The molecule has 176 valence electrons. The fourth-order valence-electron chi connectivity index (χ4n) is 9.48. The summed E-state index contributed by atoms with van der Waals surface area (Å²) in [5, 5.41) is 2.58. The first-order valence-electron chi connectivity index (χ1n) is 13.5. The number of hydrogen-bond donors (Lipinski definition) is 0. The summed E-state index contributed by atoms with van der Waals surface area (Å²) in [6, 6.07) is 32.0. The van der Waals surface area contributed by atoms with Crippen LogP contribution in [0, 0.1) is 23.7 Å². The molecule has 4 saturated carbocycles. The van der Waals surface area contributed by atoms with Crippen molar-refractivity contribution < 1.29 is 21.1 Å². The van der Waals surface area contributed by atoms with Gasteiger partial charge in [-0.1, -0.05) is 84.9 Å². The Morgan fingerprint density at radius 3 is 2.00 bits per heavy atom. The van der Waals surface area contributed by atoms with Crippen molar-refractivity contribution in [1.29, 1.82) is 0 Å². The average Bonchev–Trinajstić information content (AvgIpc) is 3.41. The van der Waals surface area contributed by atoms with Gasteiger partial charge in [-0.2, -0.15) is 0 Å². The van der Waals surface area contributed by atoms with Gasteiger partial charge in [0.2, 0.25) is 0 Å². The van der Waals surface area contributed by atoms with Crippen LogP contribution in [-0.2, 0) is 26.5 Å². The summed E-state index contributed by atoms with van der Waals surface area (Å²) in [5.74, 6) is 3.54. The molecule has 36 heavy (non-hydrogen) atoms. The minimum atomic E-state index is 0. The van der Waals surface area contributed by atoms with Crippen LogP contribution in [0.1, 0.15) is 43.2 Å². The SMILES string of the molecule is [W].c1ccc2c(c1)-c1c(-c3cccc4[n-]c5ccccc5c34)cccc1C21C2CC3CC(C2)CC1C3. The molecule has 1 spiro atoms. The number of aromatic nitrogens is 1. The van der Waals surface area contributed by atoms with Crippen molar-refractivity contribution in [3.8, 4) is 22.3 Å². The van der Waals surface area contributed by atoms with Gasteiger partial charge in [0.05, 0.1) is 0 Å². The van der Waals surface area contributed by atoms with Crippen molar-refractivity contribution in [2.24, 2.45) is 23.7 Å². The average molecular weight is 634 g/mol.